The number of carbonyl (C=O) groups excluding carboxylic acids is 1. The smallest absolute Gasteiger partial charge is 0.272 e. The van der Waals surface area contributed by atoms with Crippen molar-refractivity contribution in [1.82, 2.24) is 29.8 Å². The van der Waals surface area contributed by atoms with Crippen molar-refractivity contribution in [2.45, 2.75) is 37.9 Å². The maximum absolute atomic E-state index is 13.2. The number of amides is 1. The van der Waals surface area contributed by atoms with Gasteiger partial charge in [-0.3, -0.25) is 9.36 Å². The van der Waals surface area contributed by atoms with Crippen molar-refractivity contribution < 1.29 is 9.18 Å². The molecule has 1 saturated carbocycles. The van der Waals surface area contributed by atoms with Crippen molar-refractivity contribution >= 4 is 16.9 Å². The second kappa shape index (κ2) is 6.03. The minimum atomic E-state index is -0.750. The van der Waals surface area contributed by atoms with E-state index in [1.54, 1.807) is 35.6 Å². The summed E-state index contributed by atoms with van der Waals surface area (Å²) in [6.07, 6.45) is 8.19. The minimum Gasteiger partial charge on any atom is -0.358 e. The number of rotatable bonds is 3. The van der Waals surface area contributed by atoms with Crippen LogP contribution in [0.3, 0.4) is 0 Å². The summed E-state index contributed by atoms with van der Waals surface area (Å²) >= 11 is 0. The van der Waals surface area contributed by atoms with Crippen LogP contribution < -0.4 is 5.32 Å². The fourth-order valence-electron chi connectivity index (χ4n) is 3.04. The molecule has 0 aliphatic heterocycles. The Kier molecular flexibility index (Phi) is 3.72. The number of nitrogens with zero attached hydrogens (tertiary/aromatic N) is 4. The van der Waals surface area contributed by atoms with Crippen LogP contribution in [-0.4, -0.2) is 42.6 Å². The van der Waals surface area contributed by atoms with Crippen LogP contribution in [0.4, 0.5) is 4.39 Å². The van der Waals surface area contributed by atoms with Crippen molar-refractivity contribution in [2.75, 3.05) is 0 Å². The van der Waals surface area contributed by atoms with Gasteiger partial charge in [0.25, 0.3) is 5.91 Å². The molecular weight excluding hydrogens is 311 g/mol. The molecule has 3 aromatic heterocycles. The highest BCUT2D eigenvalue weighted by Gasteiger charge is 2.24. The van der Waals surface area contributed by atoms with Gasteiger partial charge >= 0.3 is 0 Å². The van der Waals surface area contributed by atoms with Gasteiger partial charge in [-0.1, -0.05) is 0 Å². The van der Waals surface area contributed by atoms with Crippen LogP contribution in [0.2, 0.25) is 0 Å². The molecule has 0 bridgehead atoms. The number of hydrogen-bond donors (Lipinski definition) is 2. The van der Waals surface area contributed by atoms with Crippen LogP contribution in [0.15, 0.2) is 31.0 Å². The van der Waals surface area contributed by atoms with E-state index in [0.29, 0.717) is 42.7 Å². The quantitative estimate of drug-likeness (QED) is 0.771. The van der Waals surface area contributed by atoms with Crippen LogP contribution in [0, 0.1) is 0 Å². The van der Waals surface area contributed by atoms with Crippen LogP contribution in [0.5, 0.6) is 0 Å². The zero-order valence-corrected chi connectivity index (χ0v) is 12.9. The largest absolute Gasteiger partial charge is 0.358 e. The average Bonchev–Trinajstić information content (AvgIpc) is 3.27. The molecule has 0 saturated heterocycles. The van der Waals surface area contributed by atoms with Gasteiger partial charge in [-0.15, -0.1) is 0 Å². The summed E-state index contributed by atoms with van der Waals surface area (Å²) in [6.45, 7) is 0. The first kappa shape index (κ1) is 14.8. The number of alkyl halides is 1. The molecular formula is C16H17FN6O. The van der Waals surface area contributed by atoms with E-state index in [1.165, 1.54) is 0 Å². The molecule has 3 heterocycles. The predicted octanol–water partition coefficient (Wildman–Crippen LogP) is 2.15. The molecule has 1 fully saturated rings. The molecule has 0 atom stereocenters. The lowest BCUT2D eigenvalue weighted by Gasteiger charge is -2.25. The van der Waals surface area contributed by atoms with E-state index < -0.39 is 6.17 Å². The van der Waals surface area contributed by atoms with E-state index in [4.69, 9.17) is 0 Å². The number of aromatic nitrogens is 5. The number of carbonyl (C=O) groups is 1. The summed E-state index contributed by atoms with van der Waals surface area (Å²) in [6, 6.07) is 1.78. The molecule has 7 nitrogen and oxygen atoms in total. The molecule has 4 rings (SSSR count). The normalized spacial score (nSPS) is 21.0. The van der Waals surface area contributed by atoms with Gasteiger partial charge in [-0.2, -0.15) is 0 Å². The van der Waals surface area contributed by atoms with Crippen LogP contribution in [-0.2, 0) is 0 Å². The molecule has 3 aromatic rings. The average molecular weight is 328 g/mol. The van der Waals surface area contributed by atoms with E-state index in [2.05, 4.69) is 25.3 Å². The van der Waals surface area contributed by atoms with Gasteiger partial charge in [0, 0.05) is 24.6 Å². The highest BCUT2D eigenvalue weighted by molar-refractivity contribution is 6.03. The second-order valence-corrected chi connectivity index (χ2v) is 6.00. The number of H-pyrrole nitrogens is 1. The monoisotopic (exact) mass is 328 g/mol. The third-order valence-corrected chi connectivity index (χ3v) is 4.34. The summed E-state index contributed by atoms with van der Waals surface area (Å²) in [7, 11) is 0. The van der Waals surface area contributed by atoms with Gasteiger partial charge in [-0.05, 0) is 31.7 Å². The van der Waals surface area contributed by atoms with Gasteiger partial charge < -0.3 is 10.3 Å². The number of imidazole rings is 1. The molecule has 124 valence electrons. The number of aromatic amines is 1. The first-order valence-corrected chi connectivity index (χ1v) is 7.99. The Bertz CT molecular complexity index is 851. The van der Waals surface area contributed by atoms with E-state index >= 15 is 0 Å². The molecule has 0 unspecified atom stereocenters. The van der Waals surface area contributed by atoms with E-state index in [-0.39, 0.29) is 17.6 Å². The Morgan fingerprint density at radius 3 is 2.88 bits per heavy atom. The van der Waals surface area contributed by atoms with E-state index in [1.807, 2.05) is 0 Å². The molecule has 8 heteroatoms. The van der Waals surface area contributed by atoms with E-state index in [9.17, 15) is 9.18 Å². The number of fused-ring (bicyclic) bond motifs is 1. The van der Waals surface area contributed by atoms with Crippen molar-refractivity contribution in [3.8, 4) is 5.95 Å². The van der Waals surface area contributed by atoms with Gasteiger partial charge in [0.15, 0.2) is 5.69 Å². The first-order chi connectivity index (χ1) is 11.7. The highest BCUT2D eigenvalue weighted by Crippen LogP contribution is 2.22. The number of nitrogens with one attached hydrogen (secondary N) is 2. The Hall–Kier alpha value is -2.77. The van der Waals surface area contributed by atoms with Crippen LogP contribution in [0.25, 0.3) is 17.0 Å². The summed E-state index contributed by atoms with van der Waals surface area (Å²) < 4.78 is 14.9. The fourth-order valence-corrected chi connectivity index (χ4v) is 3.04. The second-order valence-electron chi connectivity index (χ2n) is 6.00. The number of hydrogen-bond acceptors (Lipinski definition) is 4. The summed E-state index contributed by atoms with van der Waals surface area (Å²) in [4.78, 5) is 28.5. The van der Waals surface area contributed by atoms with Crippen molar-refractivity contribution in [3.63, 3.8) is 0 Å². The lowest BCUT2D eigenvalue weighted by atomic mass is 9.94. The van der Waals surface area contributed by atoms with Gasteiger partial charge in [0.1, 0.15) is 12.5 Å². The molecule has 0 aromatic carbocycles. The Balaban J connectivity index is 1.65. The Morgan fingerprint density at radius 2 is 2.12 bits per heavy atom. The van der Waals surface area contributed by atoms with Crippen molar-refractivity contribution in [1.29, 1.82) is 0 Å². The SMILES string of the molecule is O=C(NC1CCC(F)CC1)c1nc(-n2ccnc2)nc2cc[nH]c12. The maximum Gasteiger partial charge on any atom is 0.272 e. The fraction of sp³-hybridized carbons (Fsp3) is 0.375. The molecule has 0 spiro atoms. The Labute approximate surface area is 137 Å². The zero-order chi connectivity index (χ0) is 16.5. The molecule has 2 N–H and O–H groups in total. The van der Waals surface area contributed by atoms with Crippen molar-refractivity contribution in [2.24, 2.45) is 0 Å². The summed E-state index contributed by atoms with van der Waals surface area (Å²) in [5.41, 5.74) is 1.54. The summed E-state index contributed by atoms with van der Waals surface area (Å²) in [5.74, 6) is 0.116. The summed E-state index contributed by atoms with van der Waals surface area (Å²) in [5, 5.41) is 2.97. The predicted molar refractivity (Wildman–Crippen MR) is 85.6 cm³/mol. The minimum absolute atomic E-state index is 0.0128. The van der Waals surface area contributed by atoms with E-state index in [0.717, 1.165) is 0 Å². The molecule has 24 heavy (non-hydrogen) atoms. The third kappa shape index (κ3) is 2.75. The van der Waals surface area contributed by atoms with Gasteiger partial charge in [0.2, 0.25) is 5.95 Å². The van der Waals surface area contributed by atoms with Crippen LogP contribution >= 0.6 is 0 Å². The zero-order valence-electron chi connectivity index (χ0n) is 12.9. The lowest BCUT2D eigenvalue weighted by Crippen LogP contribution is -2.38. The molecule has 1 aliphatic rings. The third-order valence-electron chi connectivity index (χ3n) is 4.34. The molecule has 0 radical (unpaired) electrons. The maximum atomic E-state index is 13.2. The van der Waals surface area contributed by atoms with Crippen molar-refractivity contribution in [3.05, 3.63) is 36.7 Å². The molecule has 1 aliphatic carbocycles. The standard InChI is InChI=1S/C16H17FN6O/c17-10-1-3-11(4-2-10)20-15(24)14-13-12(5-6-19-13)21-16(22-14)23-8-7-18-9-23/h5-11,19H,1-4H2,(H,20,24). The highest BCUT2D eigenvalue weighted by atomic mass is 19.1. The number of halogens is 1. The van der Waals surface area contributed by atoms with Gasteiger partial charge in [-0.25, -0.2) is 19.3 Å². The first-order valence-electron chi connectivity index (χ1n) is 7.99. The lowest BCUT2D eigenvalue weighted by molar-refractivity contribution is 0.0912. The molecule has 1 amide bonds. The topological polar surface area (TPSA) is 88.5 Å². The Morgan fingerprint density at radius 1 is 1.29 bits per heavy atom. The van der Waals surface area contributed by atoms with Crippen LogP contribution in [0.1, 0.15) is 36.2 Å². The van der Waals surface area contributed by atoms with Gasteiger partial charge in [0.05, 0.1) is 11.0 Å².